The van der Waals surface area contributed by atoms with E-state index in [1.807, 2.05) is 6.07 Å². The summed E-state index contributed by atoms with van der Waals surface area (Å²) in [4.78, 5) is 20.7. The van der Waals surface area contributed by atoms with Gasteiger partial charge in [0, 0.05) is 66.7 Å². The number of nitrogens with zero attached hydrogens (tertiary/aromatic N) is 5. The SMILES string of the molecule is C=C1CCN(Cc2c(C)sc3c(-c4cnc(OC)c(CS(C)(=O)=O)c4)nc(N4CCCCC4)nc23)CC1. The number of hydrogen-bond donors (Lipinski definition) is 0. The molecule has 5 rings (SSSR count). The average molecular weight is 542 g/mol. The first-order chi connectivity index (χ1) is 17.7. The van der Waals surface area contributed by atoms with Crippen LogP contribution in [0.25, 0.3) is 21.5 Å². The third-order valence-electron chi connectivity index (χ3n) is 7.21. The van der Waals surface area contributed by atoms with E-state index in [-0.39, 0.29) is 5.75 Å². The molecule has 2 fully saturated rings. The van der Waals surface area contributed by atoms with E-state index in [0.29, 0.717) is 11.4 Å². The van der Waals surface area contributed by atoms with Crippen LogP contribution in [0.15, 0.2) is 24.4 Å². The van der Waals surface area contributed by atoms with Gasteiger partial charge in [-0.2, -0.15) is 0 Å². The van der Waals surface area contributed by atoms with Gasteiger partial charge in [0.15, 0.2) is 9.84 Å². The lowest BCUT2D eigenvalue weighted by atomic mass is 10.0. The van der Waals surface area contributed by atoms with Crippen LogP contribution in [0.1, 0.15) is 48.1 Å². The molecule has 2 aliphatic rings. The number of sulfone groups is 1. The maximum atomic E-state index is 12.1. The molecule has 198 valence electrons. The summed E-state index contributed by atoms with van der Waals surface area (Å²) in [6.07, 6.45) is 8.53. The number of anilines is 1. The van der Waals surface area contributed by atoms with Crippen molar-refractivity contribution < 1.29 is 13.2 Å². The van der Waals surface area contributed by atoms with Gasteiger partial charge >= 0.3 is 0 Å². The summed E-state index contributed by atoms with van der Waals surface area (Å²) in [6, 6.07) is 1.86. The molecule has 3 aromatic rings. The van der Waals surface area contributed by atoms with Crippen LogP contribution >= 0.6 is 11.3 Å². The van der Waals surface area contributed by atoms with Gasteiger partial charge in [0.2, 0.25) is 11.8 Å². The van der Waals surface area contributed by atoms with Crippen molar-refractivity contribution in [3.63, 3.8) is 0 Å². The van der Waals surface area contributed by atoms with Gasteiger partial charge in [0.1, 0.15) is 0 Å². The van der Waals surface area contributed by atoms with Crippen molar-refractivity contribution >= 4 is 37.3 Å². The number of ether oxygens (including phenoxy) is 1. The summed E-state index contributed by atoms with van der Waals surface area (Å²) in [5.41, 5.74) is 5.71. The van der Waals surface area contributed by atoms with E-state index in [9.17, 15) is 8.42 Å². The lowest BCUT2D eigenvalue weighted by Crippen LogP contribution is -2.31. The molecule has 0 aromatic carbocycles. The van der Waals surface area contributed by atoms with Crippen LogP contribution in [-0.2, 0) is 22.1 Å². The van der Waals surface area contributed by atoms with Gasteiger partial charge in [-0.25, -0.2) is 23.4 Å². The number of fused-ring (bicyclic) bond motifs is 1. The average Bonchev–Trinajstić information content (AvgIpc) is 3.19. The first kappa shape index (κ1) is 26.1. The molecule has 0 saturated carbocycles. The summed E-state index contributed by atoms with van der Waals surface area (Å²) in [5.74, 6) is 0.929. The highest BCUT2D eigenvalue weighted by Crippen LogP contribution is 2.39. The minimum absolute atomic E-state index is 0.140. The van der Waals surface area contributed by atoms with Crippen molar-refractivity contribution in [2.75, 3.05) is 44.4 Å². The molecule has 0 radical (unpaired) electrons. The smallest absolute Gasteiger partial charge is 0.226 e. The molecule has 8 nitrogen and oxygen atoms in total. The summed E-state index contributed by atoms with van der Waals surface area (Å²) >= 11 is 1.71. The summed E-state index contributed by atoms with van der Waals surface area (Å²) in [5, 5.41) is 0. The highest BCUT2D eigenvalue weighted by atomic mass is 32.2. The minimum Gasteiger partial charge on any atom is -0.481 e. The largest absolute Gasteiger partial charge is 0.481 e. The normalized spacial score (nSPS) is 17.5. The number of aromatic nitrogens is 3. The maximum absolute atomic E-state index is 12.1. The van der Waals surface area contributed by atoms with E-state index in [0.717, 1.165) is 85.8 Å². The molecule has 0 spiro atoms. The lowest BCUT2D eigenvalue weighted by Gasteiger charge is -2.28. The van der Waals surface area contributed by atoms with E-state index in [4.69, 9.17) is 14.7 Å². The molecule has 2 saturated heterocycles. The minimum atomic E-state index is -3.27. The number of methoxy groups -OCH3 is 1. The molecular weight excluding hydrogens is 506 g/mol. The van der Waals surface area contributed by atoms with Crippen LogP contribution in [0.4, 0.5) is 5.95 Å². The molecular formula is C27H35N5O3S2. The van der Waals surface area contributed by atoms with Crippen LogP contribution in [0.2, 0.25) is 0 Å². The van der Waals surface area contributed by atoms with E-state index < -0.39 is 9.84 Å². The maximum Gasteiger partial charge on any atom is 0.226 e. The fourth-order valence-corrected chi connectivity index (χ4v) is 7.07. The van der Waals surface area contributed by atoms with Gasteiger partial charge in [0.25, 0.3) is 0 Å². The van der Waals surface area contributed by atoms with Gasteiger partial charge in [-0.05, 0) is 45.1 Å². The van der Waals surface area contributed by atoms with E-state index >= 15 is 0 Å². The second kappa shape index (κ2) is 10.7. The van der Waals surface area contributed by atoms with Crippen LogP contribution in [0, 0.1) is 6.92 Å². The van der Waals surface area contributed by atoms with Crippen molar-refractivity contribution in [2.24, 2.45) is 0 Å². The Hall–Kier alpha value is -2.56. The second-order valence-electron chi connectivity index (χ2n) is 10.2. The van der Waals surface area contributed by atoms with Crippen molar-refractivity contribution in [2.45, 2.75) is 51.3 Å². The van der Waals surface area contributed by atoms with Crippen molar-refractivity contribution in [3.05, 3.63) is 40.4 Å². The number of piperidine rings is 2. The van der Waals surface area contributed by atoms with Crippen molar-refractivity contribution in [3.8, 4) is 17.1 Å². The molecule has 3 aromatic heterocycles. The van der Waals surface area contributed by atoms with Crippen LogP contribution in [-0.4, -0.2) is 67.8 Å². The Morgan fingerprint density at radius 3 is 2.51 bits per heavy atom. The fourth-order valence-electron chi connectivity index (χ4n) is 5.19. The predicted molar refractivity (Wildman–Crippen MR) is 150 cm³/mol. The van der Waals surface area contributed by atoms with E-state index in [1.165, 1.54) is 35.8 Å². The number of likely N-dealkylation sites (tertiary alicyclic amines) is 1. The highest BCUT2D eigenvalue weighted by Gasteiger charge is 2.24. The Morgan fingerprint density at radius 2 is 1.84 bits per heavy atom. The zero-order valence-electron chi connectivity index (χ0n) is 21.9. The molecule has 0 amide bonds. The Morgan fingerprint density at radius 1 is 1.11 bits per heavy atom. The third-order valence-corrected chi connectivity index (χ3v) is 9.19. The van der Waals surface area contributed by atoms with Crippen LogP contribution < -0.4 is 9.64 Å². The van der Waals surface area contributed by atoms with E-state index in [2.05, 4.69) is 28.3 Å². The summed E-state index contributed by atoms with van der Waals surface area (Å²) in [6.45, 7) is 11.1. The molecule has 0 bridgehead atoms. The van der Waals surface area contributed by atoms with Crippen molar-refractivity contribution in [1.82, 2.24) is 19.9 Å². The zero-order chi connectivity index (χ0) is 26.2. The van der Waals surface area contributed by atoms with Gasteiger partial charge in [-0.1, -0.05) is 12.2 Å². The van der Waals surface area contributed by atoms with Crippen LogP contribution in [0.3, 0.4) is 0 Å². The molecule has 5 heterocycles. The zero-order valence-corrected chi connectivity index (χ0v) is 23.6. The monoisotopic (exact) mass is 541 g/mol. The predicted octanol–water partition coefficient (Wildman–Crippen LogP) is 4.76. The highest BCUT2D eigenvalue weighted by molar-refractivity contribution is 7.89. The first-order valence-corrected chi connectivity index (χ1v) is 15.7. The third kappa shape index (κ3) is 5.81. The lowest BCUT2D eigenvalue weighted by molar-refractivity contribution is 0.249. The fraction of sp³-hybridized carbons (Fsp3) is 0.519. The number of hydrogen-bond acceptors (Lipinski definition) is 9. The second-order valence-corrected chi connectivity index (χ2v) is 13.6. The Bertz CT molecular complexity index is 1420. The quantitative estimate of drug-likeness (QED) is 0.396. The molecule has 0 unspecified atom stereocenters. The molecule has 10 heteroatoms. The number of aryl methyl sites for hydroxylation is 1. The van der Waals surface area contributed by atoms with Crippen LogP contribution in [0.5, 0.6) is 5.88 Å². The molecule has 37 heavy (non-hydrogen) atoms. The molecule has 0 aliphatic carbocycles. The summed E-state index contributed by atoms with van der Waals surface area (Å²) in [7, 11) is -1.76. The topological polar surface area (TPSA) is 88.5 Å². The van der Waals surface area contributed by atoms with E-state index in [1.54, 1.807) is 17.5 Å². The Balaban J connectivity index is 1.64. The van der Waals surface area contributed by atoms with Crippen molar-refractivity contribution in [1.29, 1.82) is 0 Å². The number of thiophene rings is 1. The first-order valence-electron chi connectivity index (χ1n) is 12.9. The molecule has 0 N–H and O–H groups in total. The van der Waals surface area contributed by atoms with Gasteiger partial charge in [0.05, 0.1) is 28.8 Å². The van der Waals surface area contributed by atoms with Gasteiger partial charge in [-0.3, -0.25) is 4.90 Å². The Labute approximate surface area is 223 Å². The standard InChI is InChI=1S/C27H35N5O3S2/c1-18-8-12-31(13-9-18)16-22-19(2)36-25-23(29-27(30-24(22)25)32-10-6-5-7-11-32)20-14-21(17-37(4,33)34)26(35-3)28-15-20/h14-15H,1,5-13,16-17H2,2-4H3. The number of rotatable bonds is 7. The molecule has 0 atom stereocenters. The molecule has 2 aliphatic heterocycles. The Kier molecular flexibility index (Phi) is 7.51. The van der Waals surface area contributed by atoms with Gasteiger partial charge < -0.3 is 9.64 Å². The summed E-state index contributed by atoms with van der Waals surface area (Å²) < 4.78 is 30.6. The van der Waals surface area contributed by atoms with Gasteiger partial charge in [-0.15, -0.1) is 11.3 Å². The number of pyridine rings is 1.